The highest BCUT2D eigenvalue weighted by molar-refractivity contribution is 5.79. The van der Waals surface area contributed by atoms with Crippen molar-refractivity contribution < 1.29 is 19.8 Å². The zero-order valence-electron chi connectivity index (χ0n) is 9.01. The van der Waals surface area contributed by atoms with Crippen LogP contribution in [0.25, 0.3) is 0 Å². The first kappa shape index (κ1) is 12.0. The summed E-state index contributed by atoms with van der Waals surface area (Å²) >= 11 is 0. The Labute approximate surface area is 88.7 Å². The van der Waals surface area contributed by atoms with Crippen molar-refractivity contribution >= 4 is 11.9 Å². The summed E-state index contributed by atoms with van der Waals surface area (Å²) in [7, 11) is 0. The molecule has 5 nitrogen and oxygen atoms in total. The lowest BCUT2D eigenvalue weighted by Crippen LogP contribution is -2.45. The predicted octanol–water partition coefficient (Wildman–Crippen LogP) is 0.645. The van der Waals surface area contributed by atoms with Gasteiger partial charge in [-0.05, 0) is 18.8 Å². The topological polar surface area (TPSA) is 77.8 Å². The fourth-order valence-corrected chi connectivity index (χ4v) is 2.07. The van der Waals surface area contributed by atoms with Gasteiger partial charge in [0.1, 0.15) is 12.1 Å². The van der Waals surface area contributed by atoms with Crippen LogP contribution < -0.4 is 0 Å². The minimum absolute atomic E-state index is 0.270. The molecule has 2 N–H and O–H groups in total. The van der Waals surface area contributed by atoms with E-state index in [4.69, 9.17) is 10.2 Å². The number of likely N-dealkylation sites (tertiary alicyclic amines) is 1. The van der Waals surface area contributed by atoms with Gasteiger partial charge in [-0.1, -0.05) is 13.8 Å². The molecule has 1 saturated heterocycles. The smallest absolute Gasteiger partial charge is 0.320 e. The van der Waals surface area contributed by atoms with Gasteiger partial charge in [0.25, 0.3) is 0 Å². The molecule has 0 radical (unpaired) electrons. The molecule has 2 atom stereocenters. The van der Waals surface area contributed by atoms with Gasteiger partial charge >= 0.3 is 11.9 Å². The van der Waals surface area contributed by atoms with Crippen LogP contribution in [-0.2, 0) is 9.59 Å². The molecule has 15 heavy (non-hydrogen) atoms. The van der Waals surface area contributed by atoms with E-state index in [-0.39, 0.29) is 5.92 Å². The molecule has 0 aromatic heterocycles. The fourth-order valence-electron chi connectivity index (χ4n) is 2.07. The molecule has 0 saturated carbocycles. The lowest BCUT2D eigenvalue weighted by atomic mass is 10.1. The van der Waals surface area contributed by atoms with Gasteiger partial charge in [-0.2, -0.15) is 0 Å². The highest BCUT2D eigenvalue weighted by atomic mass is 16.4. The molecule has 5 heteroatoms. The lowest BCUT2D eigenvalue weighted by Gasteiger charge is -2.27. The van der Waals surface area contributed by atoms with E-state index in [2.05, 4.69) is 0 Å². The van der Waals surface area contributed by atoms with Crippen LogP contribution in [0.5, 0.6) is 0 Å². The van der Waals surface area contributed by atoms with Crippen LogP contribution in [0.4, 0.5) is 0 Å². The van der Waals surface area contributed by atoms with Gasteiger partial charge < -0.3 is 10.2 Å². The Bertz CT molecular complexity index is 242. The van der Waals surface area contributed by atoms with E-state index in [1.54, 1.807) is 4.90 Å². The maximum absolute atomic E-state index is 10.9. The molecule has 2 unspecified atom stereocenters. The average Bonchev–Trinajstić information content (AvgIpc) is 2.46. The van der Waals surface area contributed by atoms with Crippen molar-refractivity contribution in [2.45, 2.75) is 38.8 Å². The Morgan fingerprint density at radius 2 is 1.60 bits per heavy atom. The van der Waals surface area contributed by atoms with E-state index in [9.17, 15) is 9.59 Å². The molecular weight excluding hydrogens is 198 g/mol. The maximum Gasteiger partial charge on any atom is 0.320 e. The minimum atomic E-state index is -0.917. The molecular formula is C10H17NO4. The summed E-state index contributed by atoms with van der Waals surface area (Å²) in [5.74, 6) is -1.56. The van der Waals surface area contributed by atoms with Crippen LogP contribution in [0.1, 0.15) is 26.7 Å². The maximum atomic E-state index is 10.9. The number of aliphatic carboxylic acids is 2. The van der Waals surface area contributed by atoms with Gasteiger partial charge in [-0.25, -0.2) is 0 Å². The zero-order chi connectivity index (χ0) is 11.6. The molecule has 0 bridgehead atoms. The highest BCUT2D eigenvalue weighted by Crippen LogP contribution is 2.25. The quantitative estimate of drug-likeness (QED) is 0.719. The van der Waals surface area contributed by atoms with Gasteiger partial charge in [0.2, 0.25) is 0 Å². The molecule has 0 spiro atoms. The molecule has 0 aromatic rings. The molecule has 1 aliphatic rings. The monoisotopic (exact) mass is 215 g/mol. The number of hydrogen-bond donors (Lipinski definition) is 2. The van der Waals surface area contributed by atoms with Crippen LogP contribution in [0.2, 0.25) is 0 Å². The molecule has 86 valence electrons. The second-order valence-corrected chi connectivity index (χ2v) is 4.38. The van der Waals surface area contributed by atoms with Crippen molar-refractivity contribution in [3.8, 4) is 0 Å². The molecule has 0 aliphatic carbocycles. The Morgan fingerprint density at radius 3 is 1.87 bits per heavy atom. The van der Waals surface area contributed by atoms with Crippen molar-refractivity contribution in [1.82, 2.24) is 4.90 Å². The van der Waals surface area contributed by atoms with Gasteiger partial charge in [-0.15, -0.1) is 0 Å². The summed E-state index contributed by atoms with van der Waals surface area (Å²) in [5.41, 5.74) is 0. The van der Waals surface area contributed by atoms with Crippen molar-refractivity contribution in [2.75, 3.05) is 6.54 Å². The Kier molecular flexibility index (Phi) is 3.68. The molecule has 1 heterocycles. The number of carbonyl (C=O) groups is 2. The number of rotatable bonds is 4. The van der Waals surface area contributed by atoms with E-state index in [1.807, 2.05) is 13.8 Å². The Morgan fingerprint density at radius 1 is 1.20 bits per heavy atom. The predicted molar refractivity (Wildman–Crippen MR) is 53.6 cm³/mol. The third-order valence-corrected chi connectivity index (χ3v) is 2.66. The van der Waals surface area contributed by atoms with Crippen LogP contribution in [0, 0.1) is 5.92 Å². The first-order valence-electron chi connectivity index (χ1n) is 5.14. The molecule has 1 aliphatic heterocycles. The SMILES string of the molecule is CC(C)CN1C(C(=O)O)CCC1C(=O)O. The van der Waals surface area contributed by atoms with Crippen molar-refractivity contribution in [2.24, 2.45) is 5.92 Å². The summed E-state index contributed by atoms with van der Waals surface area (Å²) in [6.45, 7) is 4.43. The van der Waals surface area contributed by atoms with E-state index in [0.29, 0.717) is 19.4 Å². The number of carboxylic acids is 2. The molecule has 1 fully saturated rings. The van der Waals surface area contributed by atoms with E-state index < -0.39 is 24.0 Å². The van der Waals surface area contributed by atoms with E-state index >= 15 is 0 Å². The first-order chi connectivity index (χ1) is 6.93. The van der Waals surface area contributed by atoms with Gasteiger partial charge in [0, 0.05) is 6.54 Å². The summed E-state index contributed by atoms with van der Waals surface area (Å²) in [4.78, 5) is 23.4. The van der Waals surface area contributed by atoms with E-state index in [1.165, 1.54) is 0 Å². The van der Waals surface area contributed by atoms with Gasteiger partial charge in [0.05, 0.1) is 0 Å². The molecule has 0 amide bonds. The highest BCUT2D eigenvalue weighted by Gasteiger charge is 2.41. The van der Waals surface area contributed by atoms with Crippen molar-refractivity contribution in [3.05, 3.63) is 0 Å². The lowest BCUT2D eigenvalue weighted by molar-refractivity contribution is -0.147. The number of carboxylic acid groups (broad SMARTS) is 2. The summed E-state index contributed by atoms with van der Waals surface area (Å²) in [6, 6.07) is -1.26. The molecule has 0 aromatic carbocycles. The number of nitrogens with zero attached hydrogens (tertiary/aromatic N) is 1. The van der Waals surface area contributed by atoms with Crippen molar-refractivity contribution in [3.63, 3.8) is 0 Å². The first-order valence-corrected chi connectivity index (χ1v) is 5.14. The standard InChI is InChI=1S/C10H17NO4/c1-6(2)5-11-7(9(12)13)3-4-8(11)10(14)15/h6-8H,3-5H2,1-2H3,(H,12,13)(H,14,15). The van der Waals surface area contributed by atoms with E-state index in [0.717, 1.165) is 0 Å². The van der Waals surface area contributed by atoms with Crippen molar-refractivity contribution in [1.29, 1.82) is 0 Å². The zero-order valence-corrected chi connectivity index (χ0v) is 9.01. The Balaban J connectivity index is 2.77. The minimum Gasteiger partial charge on any atom is -0.480 e. The summed E-state index contributed by atoms with van der Waals surface area (Å²) < 4.78 is 0. The van der Waals surface area contributed by atoms with Crippen LogP contribution in [-0.4, -0.2) is 45.7 Å². The largest absolute Gasteiger partial charge is 0.480 e. The summed E-state index contributed by atoms with van der Waals surface area (Å²) in [5, 5.41) is 17.9. The van der Waals surface area contributed by atoms with Gasteiger partial charge in [-0.3, -0.25) is 14.5 Å². The molecule has 1 rings (SSSR count). The third-order valence-electron chi connectivity index (χ3n) is 2.66. The van der Waals surface area contributed by atoms with Crippen LogP contribution in [0.15, 0.2) is 0 Å². The number of hydrogen-bond acceptors (Lipinski definition) is 3. The second kappa shape index (κ2) is 4.61. The van der Waals surface area contributed by atoms with Crippen LogP contribution in [0.3, 0.4) is 0 Å². The van der Waals surface area contributed by atoms with Crippen LogP contribution >= 0.6 is 0 Å². The fraction of sp³-hybridized carbons (Fsp3) is 0.800. The summed E-state index contributed by atoms with van der Waals surface area (Å²) in [6.07, 6.45) is 0.859. The normalized spacial score (nSPS) is 27.1. The Hall–Kier alpha value is -1.10. The third kappa shape index (κ3) is 2.68. The van der Waals surface area contributed by atoms with Gasteiger partial charge in [0.15, 0.2) is 0 Å². The average molecular weight is 215 g/mol. The second-order valence-electron chi connectivity index (χ2n) is 4.38.